The second kappa shape index (κ2) is 59.2. The summed E-state index contributed by atoms with van der Waals surface area (Å²) in [5.74, 6) is -0.916. The van der Waals surface area contributed by atoms with Crippen molar-refractivity contribution >= 4 is 17.9 Å². The van der Waals surface area contributed by atoms with Crippen molar-refractivity contribution in [3.8, 4) is 0 Å². The van der Waals surface area contributed by atoms with Crippen molar-refractivity contribution in [3.05, 3.63) is 85.1 Å². The minimum Gasteiger partial charge on any atom is -0.462 e. The first-order valence-electron chi connectivity index (χ1n) is 30.1. The minimum atomic E-state index is -0.793. The van der Waals surface area contributed by atoms with Crippen molar-refractivity contribution < 1.29 is 28.6 Å². The average molecular weight is 990 g/mol. The van der Waals surface area contributed by atoms with Gasteiger partial charge in [0.05, 0.1) is 0 Å². The Morgan fingerprint density at radius 1 is 0.296 bits per heavy atom. The Kier molecular flexibility index (Phi) is 56.3. The summed E-state index contributed by atoms with van der Waals surface area (Å²) >= 11 is 0. The molecule has 0 saturated carbocycles. The molecule has 0 fully saturated rings. The molecule has 0 aliphatic rings. The Bertz CT molecular complexity index is 1370. The van der Waals surface area contributed by atoms with Gasteiger partial charge in [-0.15, -0.1) is 0 Å². The number of unbranched alkanes of at least 4 members (excludes halogenated alkanes) is 29. The van der Waals surface area contributed by atoms with Gasteiger partial charge in [-0.2, -0.15) is 0 Å². The fourth-order valence-corrected chi connectivity index (χ4v) is 8.34. The van der Waals surface area contributed by atoms with E-state index in [1.54, 1.807) is 0 Å². The van der Waals surface area contributed by atoms with E-state index in [2.05, 4.69) is 106 Å². The zero-order chi connectivity index (χ0) is 51.4. The molecule has 0 spiro atoms. The highest BCUT2D eigenvalue weighted by atomic mass is 16.6. The van der Waals surface area contributed by atoms with E-state index >= 15 is 0 Å². The summed E-state index contributed by atoms with van der Waals surface area (Å²) in [6, 6.07) is 0. The molecule has 0 bridgehead atoms. The molecule has 408 valence electrons. The SMILES string of the molecule is CC/C=C\C/C=C\C/C=C\CCCCCCCC(=O)OCC(COC(=O)CCCCCCCC/C=C\C/C=C\C/C=C\CCCCCCC)OC(=O)CCCCCCCCC/C=C\CCCCCCCC. The maximum Gasteiger partial charge on any atom is 0.306 e. The summed E-state index contributed by atoms with van der Waals surface area (Å²) < 4.78 is 16.9. The molecule has 0 saturated heterocycles. The number of carbonyl (C=O) groups excluding carboxylic acids is 3. The lowest BCUT2D eigenvalue weighted by Crippen LogP contribution is -2.30. The Morgan fingerprint density at radius 2 is 0.549 bits per heavy atom. The molecule has 0 aromatic heterocycles. The number of hydrogen-bond donors (Lipinski definition) is 0. The largest absolute Gasteiger partial charge is 0.462 e. The molecule has 0 heterocycles. The molecular formula is C65H112O6. The maximum absolute atomic E-state index is 12.9. The van der Waals surface area contributed by atoms with E-state index in [9.17, 15) is 14.4 Å². The number of esters is 3. The first kappa shape index (κ1) is 67.6. The Hall–Kier alpha value is -3.41. The third-order valence-corrected chi connectivity index (χ3v) is 12.9. The molecule has 6 nitrogen and oxygen atoms in total. The molecule has 0 aromatic rings. The number of allylic oxidation sites excluding steroid dienone is 14. The first-order valence-corrected chi connectivity index (χ1v) is 30.1. The van der Waals surface area contributed by atoms with Crippen LogP contribution in [0.5, 0.6) is 0 Å². The van der Waals surface area contributed by atoms with Crippen molar-refractivity contribution in [2.45, 2.75) is 297 Å². The van der Waals surface area contributed by atoms with Crippen LogP contribution in [0, 0.1) is 0 Å². The number of rotatable bonds is 54. The second-order valence-corrected chi connectivity index (χ2v) is 19.9. The van der Waals surface area contributed by atoms with Gasteiger partial charge in [-0.05, 0) is 116 Å². The average Bonchev–Trinajstić information content (AvgIpc) is 3.37. The lowest BCUT2D eigenvalue weighted by Gasteiger charge is -2.18. The van der Waals surface area contributed by atoms with Gasteiger partial charge in [0.15, 0.2) is 6.10 Å². The molecular weight excluding hydrogens is 877 g/mol. The van der Waals surface area contributed by atoms with E-state index in [0.29, 0.717) is 19.3 Å². The van der Waals surface area contributed by atoms with Crippen LogP contribution in [0.25, 0.3) is 0 Å². The zero-order valence-corrected chi connectivity index (χ0v) is 46.7. The summed E-state index contributed by atoms with van der Waals surface area (Å²) in [4.78, 5) is 38.2. The summed E-state index contributed by atoms with van der Waals surface area (Å²) in [6.07, 6.45) is 77.1. The van der Waals surface area contributed by atoms with Crippen LogP contribution in [-0.4, -0.2) is 37.2 Å². The molecule has 1 unspecified atom stereocenters. The lowest BCUT2D eigenvalue weighted by molar-refractivity contribution is -0.167. The monoisotopic (exact) mass is 989 g/mol. The molecule has 0 rings (SSSR count). The van der Waals surface area contributed by atoms with Gasteiger partial charge in [-0.3, -0.25) is 14.4 Å². The third kappa shape index (κ3) is 57.4. The van der Waals surface area contributed by atoms with E-state index < -0.39 is 6.10 Å². The standard InChI is InChI=1S/C65H112O6/c1-4-7-10-13-16-19-22-25-28-30-31-32-33-35-37-40-43-46-49-52-55-58-64(67)70-61-62(60-69-63(66)57-54-51-48-45-42-39-36-27-24-21-18-15-12-9-6-3)71-65(68)59-56-53-50-47-44-41-38-34-29-26-23-20-17-14-11-8-5-2/h9,12,18,21-22,25-27,29-31,33,35-36,62H,4-8,10-11,13-17,19-20,23-24,28,32,34,37-61H2,1-3H3/b12-9-,21-18-,25-22-,29-26-,31-30-,35-33-,36-27-. The predicted molar refractivity (Wildman–Crippen MR) is 307 cm³/mol. The van der Waals surface area contributed by atoms with Crippen LogP contribution in [0.15, 0.2) is 85.1 Å². The van der Waals surface area contributed by atoms with Gasteiger partial charge >= 0.3 is 17.9 Å². The third-order valence-electron chi connectivity index (χ3n) is 12.9. The number of ether oxygens (including phenoxy) is 3. The van der Waals surface area contributed by atoms with Crippen molar-refractivity contribution in [2.75, 3.05) is 13.2 Å². The van der Waals surface area contributed by atoms with Gasteiger partial charge < -0.3 is 14.2 Å². The van der Waals surface area contributed by atoms with Crippen LogP contribution in [0.3, 0.4) is 0 Å². The molecule has 0 aliphatic heterocycles. The van der Waals surface area contributed by atoms with Crippen molar-refractivity contribution in [2.24, 2.45) is 0 Å². The van der Waals surface area contributed by atoms with E-state index in [1.807, 2.05) is 0 Å². The van der Waals surface area contributed by atoms with Crippen LogP contribution in [0.4, 0.5) is 0 Å². The molecule has 0 aliphatic carbocycles. The van der Waals surface area contributed by atoms with Gasteiger partial charge in [-0.1, -0.05) is 241 Å². The topological polar surface area (TPSA) is 78.9 Å². The van der Waals surface area contributed by atoms with E-state index in [4.69, 9.17) is 14.2 Å². The Morgan fingerprint density at radius 3 is 0.873 bits per heavy atom. The molecule has 0 amide bonds. The highest BCUT2D eigenvalue weighted by Crippen LogP contribution is 2.15. The fourth-order valence-electron chi connectivity index (χ4n) is 8.34. The summed E-state index contributed by atoms with van der Waals surface area (Å²) in [6.45, 7) is 6.50. The summed E-state index contributed by atoms with van der Waals surface area (Å²) in [7, 11) is 0. The van der Waals surface area contributed by atoms with Crippen LogP contribution >= 0.6 is 0 Å². The quantitative estimate of drug-likeness (QED) is 0.0261. The molecule has 0 aromatic carbocycles. The van der Waals surface area contributed by atoms with Crippen molar-refractivity contribution in [1.82, 2.24) is 0 Å². The van der Waals surface area contributed by atoms with E-state index in [-0.39, 0.29) is 31.1 Å². The lowest BCUT2D eigenvalue weighted by atomic mass is 10.1. The normalized spacial score (nSPS) is 12.7. The van der Waals surface area contributed by atoms with Crippen LogP contribution in [0.1, 0.15) is 290 Å². The van der Waals surface area contributed by atoms with Gasteiger partial charge in [0, 0.05) is 19.3 Å². The molecule has 1 atom stereocenters. The summed E-state index contributed by atoms with van der Waals surface area (Å²) in [5, 5.41) is 0. The molecule has 0 N–H and O–H groups in total. The van der Waals surface area contributed by atoms with Gasteiger partial charge in [0.2, 0.25) is 0 Å². The van der Waals surface area contributed by atoms with Gasteiger partial charge in [0.25, 0.3) is 0 Å². The molecule has 71 heavy (non-hydrogen) atoms. The van der Waals surface area contributed by atoms with Crippen molar-refractivity contribution in [3.63, 3.8) is 0 Å². The van der Waals surface area contributed by atoms with Crippen molar-refractivity contribution in [1.29, 1.82) is 0 Å². The highest BCUT2D eigenvalue weighted by molar-refractivity contribution is 5.71. The Balaban J connectivity index is 4.42. The Labute approximate surface area is 439 Å². The van der Waals surface area contributed by atoms with Gasteiger partial charge in [0.1, 0.15) is 13.2 Å². The molecule has 0 radical (unpaired) electrons. The van der Waals surface area contributed by atoms with E-state index in [0.717, 1.165) is 116 Å². The fraction of sp³-hybridized carbons (Fsp3) is 0.738. The smallest absolute Gasteiger partial charge is 0.306 e. The van der Waals surface area contributed by atoms with Crippen LogP contribution in [0.2, 0.25) is 0 Å². The first-order chi connectivity index (χ1) is 35.0. The highest BCUT2D eigenvalue weighted by Gasteiger charge is 2.19. The molecule has 6 heteroatoms. The van der Waals surface area contributed by atoms with E-state index in [1.165, 1.54) is 135 Å². The maximum atomic E-state index is 12.9. The minimum absolute atomic E-state index is 0.0905. The predicted octanol–water partition coefficient (Wildman–Crippen LogP) is 20.3. The van der Waals surface area contributed by atoms with Crippen LogP contribution in [-0.2, 0) is 28.6 Å². The van der Waals surface area contributed by atoms with Gasteiger partial charge in [-0.25, -0.2) is 0 Å². The number of hydrogen-bond acceptors (Lipinski definition) is 6. The van der Waals surface area contributed by atoms with Crippen LogP contribution < -0.4 is 0 Å². The second-order valence-electron chi connectivity index (χ2n) is 19.9. The zero-order valence-electron chi connectivity index (χ0n) is 46.7. The summed E-state index contributed by atoms with van der Waals surface area (Å²) in [5.41, 5.74) is 0. The number of carbonyl (C=O) groups is 3.